The smallest absolute Gasteiger partial charge is 0.377 e. The molecule has 18 heavy (non-hydrogen) atoms. The van der Waals surface area contributed by atoms with Crippen LogP contribution in [0.1, 0.15) is 36.7 Å². The Morgan fingerprint density at radius 3 is 2.11 bits per heavy atom. The molecule has 0 aliphatic carbocycles. The van der Waals surface area contributed by atoms with Gasteiger partial charge in [-0.1, -0.05) is 24.3 Å². The van der Waals surface area contributed by atoms with E-state index in [0.717, 1.165) is 11.3 Å². The molecule has 0 amide bonds. The summed E-state index contributed by atoms with van der Waals surface area (Å²) in [5, 5.41) is 12.7. The van der Waals surface area contributed by atoms with Crippen LogP contribution in [-0.4, -0.2) is 28.6 Å². The molecule has 0 aliphatic rings. The number of carbonyl (C=O) groups is 2. The summed E-state index contributed by atoms with van der Waals surface area (Å²) in [6, 6.07) is 6.57. The lowest BCUT2D eigenvalue weighted by molar-refractivity contribution is -0.131. The molecule has 0 fully saturated rings. The predicted octanol–water partition coefficient (Wildman–Crippen LogP) is 1.68. The zero-order valence-electron chi connectivity index (χ0n) is 10.6. The predicted molar refractivity (Wildman–Crippen MR) is 68.9 cm³/mol. The number of carboxylic acids is 1. The summed E-state index contributed by atoms with van der Waals surface area (Å²) in [5.41, 5.74) is 4.70. The monoisotopic (exact) mass is 248 g/mol. The summed E-state index contributed by atoms with van der Waals surface area (Å²) in [5.74, 6) is -2.36. The zero-order chi connectivity index (χ0) is 13.7. The Balaban J connectivity index is 2.86. The molecule has 1 aromatic carbocycles. The summed E-state index contributed by atoms with van der Waals surface area (Å²) in [7, 11) is 0. The number of hydrazone groups is 1. The summed E-state index contributed by atoms with van der Waals surface area (Å²) >= 11 is 0. The molecule has 96 valence electrons. The Morgan fingerprint density at radius 1 is 1.17 bits per heavy atom. The molecule has 5 heteroatoms. The summed E-state index contributed by atoms with van der Waals surface area (Å²) in [4.78, 5) is 21.7. The molecule has 0 bridgehead atoms. The van der Waals surface area contributed by atoms with Gasteiger partial charge in [0.25, 0.3) is 5.78 Å². The number of hydrogen-bond acceptors (Lipinski definition) is 4. The second-order valence-corrected chi connectivity index (χ2v) is 4.19. The highest BCUT2D eigenvalue weighted by Crippen LogP contribution is 2.06. The van der Waals surface area contributed by atoms with Crippen molar-refractivity contribution in [3.05, 3.63) is 35.4 Å². The van der Waals surface area contributed by atoms with Crippen LogP contribution in [0.5, 0.6) is 0 Å². The van der Waals surface area contributed by atoms with E-state index < -0.39 is 11.8 Å². The standard InChI is InChI=1S/C13H16N2O3/c1-8(2)14-15-9(3)10-4-6-11(7-5-10)12(16)13(17)18/h4-8,14H,1-3H3,(H,17,18)/b15-9+. The molecule has 1 rings (SSSR count). The van der Waals surface area contributed by atoms with Crippen LogP contribution in [0.2, 0.25) is 0 Å². The fourth-order valence-electron chi connectivity index (χ4n) is 1.28. The number of rotatable bonds is 5. The molecule has 0 radical (unpaired) electrons. The highest BCUT2D eigenvalue weighted by Gasteiger charge is 2.13. The number of nitrogens with one attached hydrogen (secondary N) is 1. The van der Waals surface area contributed by atoms with Gasteiger partial charge in [0.15, 0.2) is 0 Å². The van der Waals surface area contributed by atoms with Crippen molar-refractivity contribution in [3.63, 3.8) is 0 Å². The lowest BCUT2D eigenvalue weighted by Crippen LogP contribution is -2.18. The second-order valence-electron chi connectivity index (χ2n) is 4.19. The van der Waals surface area contributed by atoms with Gasteiger partial charge in [0.2, 0.25) is 0 Å². The molecule has 1 aromatic rings. The van der Waals surface area contributed by atoms with Gasteiger partial charge in [-0.3, -0.25) is 4.79 Å². The first-order chi connectivity index (χ1) is 8.41. The quantitative estimate of drug-likeness (QED) is 0.359. The Hall–Kier alpha value is -2.17. The maximum Gasteiger partial charge on any atom is 0.377 e. The van der Waals surface area contributed by atoms with Crippen molar-refractivity contribution in [1.82, 2.24) is 5.43 Å². The molecule has 0 saturated heterocycles. The molecule has 0 unspecified atom stereocenters. The second kappa shape index (κ2) is 5.95. The van der Waals surface area contributed by atoms with E-state index >= 15 is 0 Å². The van der Waals surface area contributed by atoms with E-state index in [1.54, 1.807) is 12.1 Å². The number of carboxylic acid groups (broad SMARTS) is 1. The van der Waals surface area contributed by atoms with E-state index in [0.29, 0.717) is 0 Å². The van der Waals surface area contributed by atoms with Gasteiger partial charge in [0.1, 0.15) is 0 Å². The largest absolute Gasteiger partial charge is 0.475 e. The van der Waals surface area contributed by atoms with Gasteiger partial charge in [0.05, 0.1) is 5.71 Å². The molecule has 0 saturated carbocycles. The van der Waals surface area contributed by atoms with Gasteiger partial charge >= 0.3 is 5.97 Å². The van der Waals surface area contributed by atoms with Crippen molar-refractivity contribution >= 4 is 17.5 Å². The van der Waals surface area contributed by atoms with Crippen molar-refractivity contribution in [1.29, 1.82) is 0 Å². The molecule has 0 spiro atoms. The van der Waals surface area contributed by atoms with Gasteiger partial charge in [-0.25, -0.2) is 4.79 Å². The maximum absolute atomic E-state index is 11.2. The van der Waals surface area contributed by atoms with E-state index in [4.69, 9.17) is 5.11 Å². The minimum absolute atomic E-state index is 0.163. The molecule has 0 aliphatic heterocycles. The van der Waals surface area contributed by atoms with Crippen molar-refractivity contribution < 1.29 is 14.7 Å². The van der Waals surface area contributed by atoms with Gasteiger partial charge in [-0.2, -0.15) is 5.10 Å². The third-order valence-corrected chi connectivity index (χ3v) is 2.25. The van der Waals surface area contributed by atoms with Crippen molar-refractivity contribution in [2.45, 2.75) is 26.8 Å². The highest BCUT2D eigenvalue weighted by atomic mass is 16.4. The van der Waals surface area contributed by atoms with E-state index in [1.165, 1.54) is 12.1 Å². The van der Waals surface area contributed by atoms with Gasteiger partial charge in [-0.15, -0.1) is 0 Å². The average Bonchev–Trinajstić information content (AvgIpc) is 2.35. The van der Waals surface area contributed by atoms with E-state index in [1.807, 2.05) is 20.8 Å². The zero-order valence-corrected chi connectivity index (χ0v) is 10.6. The Bertz CT molecular complexity index is 476. The lowest BCUT2D eigenvalue weighted by atomic mass is 10.1. The van der Waals surface area contributed by atoms with Crippen LogP contribution >= 0.6 is 0 Å². The van der Waals surface area contributed by atoms with E-state index in [2.05, 4.69) is 10.5 Å². The lowest BCUT2D eigenvalue weighted by Gasteiger charge is -2.06. The number of ketones is 1. The fourth-order valence-corrected chi connectivity index (χ4v) is 1.28. The maximum atomic E-state index is 11.2. The van der Waals surface area contributed by atoms with Crippen LogP contribution < -0.4 is 5.43 Å². The Kier molecular flexibility index (Phi) is 4.59. The van der Waals surface area contributed by atoms with Crippen LogP contribution in [-0.2, 0) is 4.79 Å². The minimum Gasteiger partial charge on any atom is -0.475 e. The Morgan fingerprint density at radius 2 is 1.67 bits per heavy atom. The molecular formula is C13H16N2O3. The van der Waals surface area contributed by atoms with Crippen LogP contribution in [0, 0.1) is 0 Å². The molecule has 0 heterocycles. The van der Waals surface area contributed by atoms with E-state index in [9.17, 15) is 9.59 Å². The van der Waals surface area contributed by atoms with Crippen LogP contribution in [0.3, 0.4) is 0 Å². The molecule has 5 nitrogen and oxygen atoms in total. The molecule has 0 atom stereocenters. The first-order valence-electron chi connectivity index (χ1n) is 5.59. The number of nitrogens with zero attached hydrogens (tertiary/aromatic N) is 1. The van der Waals surface area contributed by atoms with Gasteiger partial charge < -0.3 is 10.5 Å². The number of carbonyl (C=O) groups excluding carboxylic acids is 1. The average molecular weight is 248 g/mol. The minimum atomic E-state index is -1.45. The van der Waals surface area contributed by atoms with Crippen LogP contribution in [0.15, 0.2) is 29.4 Å². The van der Waals surface area contributed by atoms with Crippen molar-refractivity contribution in [3.8, 4) is 0 Å². The van der Waals surface area contributed by atoms with Crippen LogP contribution in [0.4, 0.5) is 0 Å². The summed E-state index contributed by atoms with van der Waals surface area (Å²) in [6.07, 6.45) is 0. The number of Topliss-reactive ketones (excluding diaryl/α,β-unsaturated/α-hetero) is 1. The first kappa shape index (κ1) is 13.9. The molecule has 0 aromatic heterocycles. The SMILES string of the molecule is C/C(=N\NC(C)C)c1ccc(C(=O)C(=O)O)cc1. The molecular weight excluding hydrogens is 232 g/mol. The third-order valence-electron chi connectivity index (χ3n) is 2.25. The number of hydrogen-bond donors (Lipinski definition) is 2. The van der Waals surface area contributed by atoms with Crippen LogP contribution in [0.25, 0.3) is 0 Å². The van der Waals surface area contributed by atoms with Crippen molar-refractivity contribution in [2.24, 2.45) is 5.10 Å². The topological polar surface area (TPSA) is 78.8 Å². The fraction of sp³-hybridized carbons (Fsp3) is 0.308. The van der Waals surface area contributed by atoms with Gasteiger partial charge in [-0.05, 0) is 26.3 Å². The number of benzene rings is 1. The summed E-state index contributed by atoms with van der Waals surface area (Å²) in [6.45, 7) is 5.79. The van der Waals surface area contributed by atoms with Gasteiger partial charge in [0, 0.05) is 11.6 Å². The normalized spacial score (nSPS) is 11.4. The van der Waals surface area contributed by atoms with Crippen molar-refractivity contribution in [2.75, 3.05) is 0 Å². The Labute approximate surface area is 106 Å². The van der Waals surface area contributed by atoms with E-state index in [-0.39, 0.29) is 11.6 Å². The molecule has 2 N–H and O–H groups in total. The first-order valence-corrected chi connectivity index (χ1v) is 5.59. The number of aliphatic carboxylic acids is 1. The third kappa shape index (κ3) is 3.69. The highest BCUT2D eigenvalue weighted by molar-refractivity contribution is 6.39. The summed E-state index contributed by atoms with van der Waals surface area (Å²) < 4.78 is 0.